The van der Waals surface area contributed by atoms with Crippen LogP contribution in [0.5, 0.6) is 0 Å². The Morgan fingerprint density at radius 2 is 1.41 bits per heavy atom. The van der Waals surface area contributed by atoms with E-state index in [1.165, 1.54) is 25.7 Å². The molecule has 0 heterocycles. The summed E-state index contributed by atoms with van der Waals surface area (Å²) in [6.07, 6.45) is 12.4. The zero-order valence-electron chi connectivity index (χ0n) is 16.2. The van der Waals surface area contributed by atoms with Gasteiger partial charge in [-0.25, -0.2) is 0 Å². The van der Waals surface area contributed by atoms with E-state index in [9.17, 15) is 14.4 Å². The molecule has 6 heteroatoms. The summed E-state index contributed by atoms with van der Waals surface area (Å²) in [5.41, 5.74) is 4.88. The topological polar surface area (TPSA) is 87.3 Å². The molecule has 0 spiro atoms. The van der Waals surface area contributed by atoms with E-state index in [1.807, 2.05) is 0 Å². The predicted molar refractivity (Wildman–Crippen MR) is 101 cm³/mol. The molecule has 6 nitrogen and oxygen atoms in total. The average molecular weight is 376 g/mol. The van der Waals surface area contributed by atoms with Crippen LogP contribution in [0.3, 0.4) is 0 Å². The third-order valence-electron chi connectivity index (χ3n) is 7.46. The maximum Gasteiger partial charge on any atom is 0.241 e. The lowest BCUT2D eigenvalue weighted by atomic mass is 9.49. The van der Waals surface area contributed by atoms with Crippen LogP contribution in [0.2, 0.25) is 0 Å². The van der Waals surface area contributed by atoms with Gasteiger partial charge in [0.25, 0.3) is 0 Å². The normalized spacial score (nSPS) is 34.9. The summed E-state index contributed by atoms with van der Waals surface area (Å²) in [5.74, 6) is 2.06. The number of hydrazine groups is 1. The molecule has 5 rings (SSSR count). The monoisotopic (exact) mass is 375 g/mol. The molecule has 0 radical (unpaired) electrons. The molecule has 4 bridgehead atoms. The van der Waals surface area contributed by atoms with Crippen molar-refractivity contribution in [2.24, 2.45) is 29.1 Å². The molecule has 150 valence electrons. The van der Waals surface area contributed by atoms with Gasteiger partial charge in [0, 0.05) is 24.3 Å². The summed E-state index contributed by atoms with van der Waals surface area (Å²) in [6, 6.07) is 0. The van der Waals surface area contributed by atoms with Crippen molar-refractivity contribution in [1.82, 2.24) is 16.2 Å². The Labute approximate surface area is 161 Å². The number of nitrogens with one attached hydrogen (secondary N) is 3. The number of rotatable bonds is 5. The fourth-order valence-electron chi connectivity index (χ4n) is 6.53. The summed E-state index contributed by atoms with van der Waals surface area (Å²) >= 11 is 0. The van der Waals surface area contributed by atoms with E-state index < -0.39 is 0 Å². The van der Waals surface area contributed by atoms with Gasteiger partial charge in [0.15, 0.2) is 0 Å². The third-order valence-corrected chi connectivity index (χ3v) is 7.46. The van der Waals surface area contributed by atoms with Crippen molar-refractivity contribution in [3.63, 3.8) is 0 Å². The van der Waals surface area contributed by atoms with Gasteiger partial charge in [-0.3, -0.25) is 25.2 Å². The van der Waals surface area contributed by atoms with Gasteiger partial charge in [-0.2, -0.15) is 0 Å². The van der Waals surface area contributed by atoms with Gasteiger partial charge < -0.3 is 5.32 Å². The van der Waals surface area contributed by atoms with Crippen LogP contribution < -0.4 is 16.2 Å². The minimum Gasteiger partial charge on any atom is -0.355 e. The van der Waals surface area contributed by atoms with Crippen LogP contribution >= 0.6 is 0 Å². The molecule has 0 aromatic rings. The quantitative estimate of drug-likeness (QED) is 0.645. The van der Waals surface area contributed by atoms with Crippen molar-refractivity contribution in [1.29, 1.82) is 0 Å². The third kappa shape index (κ3) is 4.14. The van der Waals surface area contributed by atoms with Crippen molar-refractivity contribution in [2.75, 3.05) is 6.54 Å². The highest BCUT2D eigenvalue weighted by molar-refractivity contribution is 5.85. The van der Waals surface area contributed by atoms with Crippen molar-refractivity contribution in [3.8, 4) is 0 Å². The van der Waals surface area contributed by atoms with E-state index in [-0.39, 0.29) is 35.5 Å². The molecule has 0 unspecified atom stereocenters. The summed E-state index contributed by atoms with van der Waals surface area (Å²) in [5, 5.41) is 3.01. The Balaban J connectivity index is 1.17. The molecule has 5 aliphatic carbocycles. The molecule has 0 aromatic heterocycles. The number of hydrogen-bond donors (Lipinski definition) is 3. The van der Waals surface area contributed by atoms with Crippen LogP contribution in [0.4, 0.5) is 0 Å². The first-order valence-corrected chi connectivity index (χ1v) is 10.9. The molecular weight excluding hydrogens is 342 g/mol. The number of carbonyl (C=O) groups is 3. The Hall–Kier alpha value is -1.59. The van der Waals surface area contributed by atoms with Gasteiger partial charge in [-0.1, -0.05) is 19.3 Å². The Morgan fingerprint density at radius 3 is 2.00 bits per heavy atom. The average Bonchev–Trinajstić information content (AvgIpc) is 2.65. The first-order valence-electron chi connectivity index (χ1n) is 10.9. The molecular formula is C21H33N3O3. The Bertz CT molecular complexity index is 562. The van der Waals surface area contributed by atoms with Gasteiger partial charge in [0.05, 0.1) is 0 Å². The standard InChI is InChI=1S/C21H33N3O3/c25-18(23-24-19(26)17-4-2-1-3-5-17)6-7-22-20(27)21-11-14-8-15(12-21)10-16(9-14)13-21/h14-17H,1-13H2,(H,22,27)(H,23,25)(H,24,26). The smallest absolute Gasteiger partial charge is 0.241 e. The highest BCUT2D eigenvalue weighted by atomic mass is 16.2. The highest BCUT2D eigenvalue weighted by Gasteiger charge is 2.54. The molecule has 0 aliphatic heterocycles. The maximum absolute atomic E-state index is 12.8. The molecule has 27 heavy (non-hydrogen) atoms. The van der Waals surface area contributed by atoms with E-state index in [0.29, 0.717) is 6.54 Å². The van der Waals surface area contributed by atoms with E-state index in [2.05, 4.69) is 16.2 Å². The first-order chi connectivity index (χ1) is 13.0. The molecule has 3 amide bonds. The Morgan fingerprint density at radius 1 is 0.815 bits per heavy atom. The van der Waals surface area contributed by atoms with Gasteiger partial charge in [0.2, 0.25) is 17.7 Å². The molecule has 3 N–H and O–H groups in total. The number of hydrogen-bond acceptors (Lipinski definition) is 3. The van der Waals surface area contributed by atoms with E-state index >= 15 is 0 Å². The largest absolute Gasteiger partial charge is 0.355 e. The zero-order chi connectivity index (χ0) is 18.9. The molecule has 0 aromatic carbocycles. The zero-order valence-corrected chi connectivity index (χ0v) is 16.2. The molecule has 5 saturated carbocycles. The van der Waals surface area contributed by atoms with Gasteiger partial charge >= 0.3 is 0 Å². The summed E-state index contributed by atoms with van der Waals surface area (Å²) < 4.78 is 0. The van der Waals surface area contributed by atoms with Crippen molar-refractivity contribution >= 4 is 17.7 Å². The molecule has 0 atom stereocenters. The van der Waals surface area contributed by atoms with Crippen molar-refractivity contribution in [3.05, 3.63) is 0 Å². The lowest BCUT2D eigenvalue weighted by molar-refractivity contribution is -0.146. The van der Waals surface area contributed by atoms with Crippen LogP contribution in [0.15, 0.2) is 0 Å². The van der Waals surface area contributed by atoms with Crippen molar-refractivity contribution in [2.45, 2.75) is 77.0 Å². The van der Waals surface area contributed by atoms with Gasteiger partial charge in [0.1, 0.15) is 0 Å². The SMILES string of the molecule is O=C(CCNC(=O)C12CC3CC(CC(C3)C1)C2)NNC(=O)C1CCCCC1. The summed E-state index contributed by atoms with van der Waals surface area (Å²) in [4.78, 5) is 36.9. The highest BCUT2D eigenvalue weighted by Crippen LogP contribution is 2.60. The number of carbonyl (C=O) groups excluding carboxylic acids is 3. The summed E-state index contributed by atoms with van der Waals surface area (Å²) in [6.45, 7) is 0.339. The van der Waals surface area contributed by atoms with Crippen LogP contribution in [-0.4, -0.2) is 24.3 Å². The minimum atomic E-state index is -0.245. The predicted octanol–water partition coefficient (Wildman–Crippen LogP) is 2.44. The molecule has 5 fully saturated rings. The van der Waals surface area contributed by atoms with E-state index in [0.717, 1.165) is 62.7 Å². The van der Waals surface area contributed by atoms with Crippen molar-refractivity contribution < 1.29 is 14.4 Å². The second kappa shape index (κ2) is 7.80. The van der Waals surface area contributed by atoms with Gasteiger partial charge in [-0.05, 0) is 69.1 Å². The van der Waals surface area contributed by atoms with E-state index in [4.69, 9.17) is 0 Å². The fourth-order valence-corrected chi connectivity index (χ4v) is 6.53. The molecule has 5 aliphatic rings. The lowest BCUT2D eigenvalue weighted by Gasteiger charge is -2.55. The second-order valence-corrected chi connectivity index (χ2v) is 9.58. The van der Waals surface area contributed by atoms with Crippen LogP contribution in [0, 0.1) is 29.1 Å². The fraction of sp³-hybridized carbons (Fsp3) is 0.857. The van der Waals surface area contributed by atoms with Crippen LogP contribution in [0.25, 0.3) is 0 Å². The molecule has 0 saturated heterocycles. The van der Waals surface area contributed by atoms with E-state index in [1.54, 1.807) is 0 Å². The number of amides is 3. The maximum atomic E-state index is 12.8. The van der Waals surface area contributed by atoms with Gasteiger partial charge in [-0.15, -0.1) is 0 Å². The summed E-state index contributed by atoms with van der Waals surface area (Å²) in [7, 11) is 0. The van der Waals surface area contributed by atoms with Crippen LogP contribution in [0.1, 0.15) is 77.0 Å². The Kier molecular flexibility index (Phi) is 5.42. The first kappa shape index (κ1) is 18.8. The minimum absolute atomic E-state index is 0.0230. The second-order valence-electron chi connectivity index (χ2n) is 9.58. The van der Waals surface area contributed by atoms with Crippen LogP contribution in [-0.2, 0) is 14.4 Å². The lowest BCUT2D eigenvalue weighted by Crippen LogP contribution is -2.54.